The van der Waals surface area contributed by atoms with Crippen molar-refractivity contribution in [1.82, 2.24) is 9.55 Å². The van der Waals surface area contributed by atoms with Crippen LogP contribution in [0, 0.1) is 0 Å². The van der Waals surface area contributed by atoms with Crippen LogP contribution in [-0.2, 0) is 21.1 Å². The van der Waals surface area contributed by atoms with Crippen LogP contribution < -0.4 is 0 Å². The molecule has 1 heterocycles. The Kier molecular flexibility index (Phi) is 3.06. The van der Waals surface area contributed by atoms with Crippen molar-refractivity contribution in [3.63, 3.8) is 0 Å². The van der Waals surface area contributed by atoms with E-state index in [-0.39, 0.29) is 10.4 Å². The van der Waals surface area contributed by atoms with Gasteiger partial charge in [0.25, 0.3) is 0 Å². The van der Waals surface area contributed by atoms with E-state index in [0.29, 0.717) is 13.2 Å². The fraction of sp³-hybridized carbons (Fsp3) is 0.462. The maximum absolute atomic E-state index is 12.4. The van der Waals surface area contributed by atoms with Crippen molar-refractivity contribution in [3.8, 4) is 0 Å². The first-order valence-corrected chi connectivity index (χ1v) is 7.87. The molecule has 5 nitrogen and oxygen atoms in total. The third-order valence-electron chi connectivity index (χ3n) is 3.36. The van der Waals surface area contributed by atoms with Gasteiger partial charge in [0.1, 0.15) is 0 Å². The number of para-hydroxylation sites is 2. The number of methoxy groups -OCH3 is 1. The Morgan fingerprint density at radius 3 is 2.79 bits per heavy atom. The number of aromatic nitrogens is 2. The van der Waals surface area contributed by atoms with Crippen LogP contribution >= 0.6 is 0 Å². The molecule has 0 radical (unpaired) electrons. The number of ether oxygens (including phenoxy) is 1. The van der Waals surface area contributed by atoms with Crippen LogP contribution in [-0.4, -0.2) is 36.9 Å². The minimum atomic E-state index is -3.29. The fourth-order valence-corrected chi connectivity index (χ4v) is 3.97. The molecular weight excluding hydrogens is 264 g/mol. The summed E-state index contributed by atoms with van der Waals surface area (Å²) in [5, 5.41) is -0.0566. The summed E-state index contributed by atoms with van der Waals surface area (Å²) in [5.74, 6) is 0. The van der Waals surface area contributed by atoms with Crippen LogP contribution in [0.3, 0.4) is 0 Å². The number of rotatable bonds is 5. The van der Waals surface area contributed by atoms with Crippen molar-refractivity contribution < 1.29 is 13.2 Å². The Bertz CT molecular complexity index is 702. The lowest BCUT2D eigenvalue weighted by atomic mass is 10.3. The summed E-state index contributed by atoms with van der Waals surface area (Å²) in [6, 6.07) is 7.48. The molecule has 1 saturated carbocycles. The molecule has 1 aliphatic rings. The van der Waals surface area contributed by atoms with Gasteiger partial charge in [-0.3, -0.25) is 0 Å². The summed E-state index contributed by atoms with van der Waals surface area (Å²) in [5.41, 5.74) is 1.57. The van der Waals surface area contributed by atoms with Gasteiger partial charge in [-0.2, -0.15) is 0 Å². The second-order valence-electron chi connectivity index (χ2n) is 4.77. The predicted octanol–water partition coefficient (Wildman–Crippen LogP) is 1.62. The second-order valence-corrected chi connectivity index (χ2v) is 6.89. The number of nitrogens with zero attached hydrogens (tertiary/aromatic N) is 2. The average Bonchev–Trinajstić information content (AvgIpc) is 3.19. The molecule has 1 aromatic heterocycles. The molecule has 1 aliphatic carbocycles. The Balaban J connectivity index is 2.16. The van der Waals surface area contributed by atoms with Gasteiger partial charge in [-0.25, -0.2) is 13.4 Å². The van der Waals surface area contributed by atoms with Crippen molar-refractivity contribution in [2.75, 3.05) is 13.7 Å². The van der Waals surface area contributed by atoms with E-state index in [9.17, 15) is 8.42 Å². The van der Waals surface area contributed by atoms with Crippen LogP contribution in [0.1, 0.15) is 12.8 Å². The molecule has 3 rings (SSSR count). The quantitative estimate of drug-likeness (QED) is 0.835. The van der Waals surface area contributed by atoms with E-state index in [1.807, 2.05) is 24.3 Å². The normalized spacial score (nSPS) is 16.1. The maximum atomic E-state index is 12.4. The monoisotopic (exact) mass is 280 g/mol. The smallest absolute Gasteiger partial charge is 0.229 e. The van der Waals surface area contributed by atoms with Crippen LogP contribution in [0.2, 0.25) is 0 Å². The van der Waals surface area contributed by atoms with Crippen LogP contribution in [0.5, 0.6) is 0 Å². The largest absolute Gasteiger partial charge is 0.383 e. The molecule has 1 aromatic carbocycles. The molecule has 1 fully saturated rings. The standard InChI is InChI=1S/C13H16N2O3S/c1-18-9-8-15-12-5-3-2-4-11(12)14-13(15)19(16,17)10-6-7-10/h2-5,10H,6-9H2,1H3. The molecular formula is C13H16N2O3S. The lowest BCUT2D eigenvalue weighted by Gasteiger charge is -2.08. The zero-order valence-electron chi connectivity index (χ0n) is 10.7. The molecule has 0 unspecified atom stereocenters. The number of benzene rings is 1. The topological polar surface area (TPSA) is 61.2 Å². The van der Waals surface area contributed by atoms with Crippen molar-refractivity contribution in [3.05, 3.63) is 24.3 Å². The van der Waals surface area contributed by atoms with Crippen LogP contribution in [0.25, 0.3) is 11.0 Å². The summed E-state index contributed by atoms with van der Waals surface area (Å²) in [6.07, 6.45) is 1.49. The molecule has 6 heteroatoms. The maximum Gasteiger partial charge on any atom is 0.229 e. The van der Waals surface area contributed by atoms with Gasteiger partial charge in [-0.15, -0.1) is 0 Å². The highest BCUT2D eigenvalue weighted by Crippen LogP contribution is 2.34. The minimum absolute atomic E-state index is 0.188. The fourth-order valence-electron chi connectivity index (χ4n) is 2.20. The molecule has 2 aromatic rings. The van der Waals surface area contributed by atoms with Gasteiger partial charge in [-0.1, -0.05) is 12.1 Å². The van der Waals surface area contributed by atoms with Crippen molar-refractivity contribution in [2.45, 2.75) is 29.8 Å². The Labute approximate surface area is 112 Å². The van der Waals surface area contributed by atoms with Crippen molar-refractivity contribution >= 4 is 20.9 Å². The molecule has 0 saturated heterocycles. The van der Waals surface area contributed by atoms with Crippen molar-refractivity contribution in [1.29, 1.82) is 0 Å². The molecule has 0 bridgehead atoms. The highest BCUT2D eigenvalue weighted by atomic mass is 32.2. The highest BCUT2D eigenvalue weighted by Gasteiger charge is 2.40. The second kappa shape index (κ2) is 4.61. The lowest BCUT2D eigenvalue weighted by Crippen LogP contribution is -2.16. The predicted molar refractivity (Wildman–Crippen MR) is 71.8 cm³/mol. The SMILES string of the molecule is COCCn1c(S(=O)(=O)C2CC2)nc2ccccc21. The summed E-state index contributed by atoms with van der Waals surface area (Å²) >= 11 is 0. The Morgan fingerprint density at radius 2 is 2.11 bits per heavy atom. The number of fused-ring (bicyclic) bond motifs is 1. The number of imidazole rings is 1. The minimum Gasteiger partial charge on any atom is -0.383 e. The highest BCUT2D eigenvalue weighted by molar-refractivity contribution is 7.92. The van der Waals surface area contributed by atoms with Crippen LogP contribution in [0.4, 0.5) is 0 Å². The molecule has 102 valence electrons. The van der Waals surface area contributed by atoms with E-state index in [4.69, 9.17) is 4.74 Å². The van der Waals surface area contributed by atoms with Gasteiger partial charge in [0.2, 0.25) is 15.0 Å². The summed E-state index contributed by atoms with van der Waals surface area (Å²) in [7, 11) is -1.69. The summed E-state index contributed by atoms with van der Waals surface area (Å²) < 4.78 is 31.7. The third-order valence-corrected chi connectivity index (χ3v) is 5.53. The first-order chi connectivity index (χ1) is 9.14. The van der Waals surface area contributed by atoms with E-state index in [0.717, 1.165) is 23.9 Å². The van der Waals surface area contributed by atoms with Crippen molar-refractivity contribution in [2.24, 2.45) is 0 Å². The van der Waals surface area contributed by atoms with Gasteiger partial charge in [0.05, 0.1) is 22.9 Å². The van der Waals surface area contributed by atoms with Gasteiger partial charge in [0.15, 0.2) is 0 Å². The van der Waals surface area contributed by atoms with Gasteiger partial charge < -0.3 is 9.30 Å². The van der Waals surface area contributed by atoms with Gasteiger partial charge in [0, 0.05) is 13.7 Å². The molecule has 19 heavy (non-hydrogen) atoms. The summed E-state index contributed by atoms with van der Waals surface area (Å²) in [6.45, 7) is 0.964. The van der Waals surface area contributed by atoms with Crippen LogP contribution in [0.15, 0.2) is 29.4 Å². The zero-order valence-corrected chi connectivity index (χ0v) is 11.6. The molecule has 0 amide bonds. The first kappa shape index (κ1) is 12.6. The van der Waals surface area contributed by atoms with E-state index in [2.05, 4.69) is 4.98 Å². The lowest BCUT2D eigenvalue weighted by molar-refractivity contribution is 0.185. The van der Waals surface area contributed by atoms with E-state index in [1.165, 1.54) is 0 Å². The number of hydrogen-bond donors (Lipinski definition) is 0. The average molecular weight is 280 g/mol. The van der Waals surface area contributed by atoms with E-state index < -0.39 is 9.84 Å². The number of hydrogen-bond acceptors (Lipinski definition) is 4. The molecule has 0 aliphatic heterocycles. The van der Waals surface area contributed by atoms with E-state index in [1.54, 1.807) is 11.7 Å². The molecule has 0 atom stereocenters. The number of sulfone groups is 1. The summed E-state index contributed by atoms with van der Waals surface area (Å²) in [4.78, 5) is 4.32. The van der Waals surface area contributed by atoms with Gasteiger partial charge >= 0.3 is 0 Å². The van der Waals surface area contributed by atoms with E-state index >= 15 is 0 Å². The Morgan fingerprint density at radius 1 is 1.37 bits per heavy atom. The molecule has 0 spiro atoms. The Hall–Kier alpha value is -1.40. The third kappa shape index (κ3) is 2.15. The zero-order chi connectivity index (χ0) is 13.5. The van der Waals surface area contributed by atoms with Gasteiger partial charge in [-0.05, 0) is 25.0 Å². The molecule has 0 N–H and O–H groups in total. The first-order valence-electron chi connectivity index (χ1n) is 6.32.